The summed E-state index contributed by atoms with van der Waals surface area (Å²) in [5, 5.41) is 3.06. The molecule has 0 radical (unpaired) electrons. The monoisotopic (exact) mass is 403 g/mol. The molecule has 0 spiro atoms. The van der Waals surface area contributed by atoms with E-state index in [1.54, 1.807) is 12.1 Å². The van der Waals surface area contributed by atoms with Crippen LogP contribution in [0.2, 0.25) is 5.02 Å². The van der Waals surface area contributed by atoms with Gasteiger partial charge in [-0.15, -0.1) is 0 Å². The highest BCUT2D eigenvalue weighted by molar-refractivity contribution is 6.32. The van der Waals surface area contributed by atoms with E-state index in [2.05, 4.69) is 5.32 Å². The maximum absolute atomic E-state index is 12.0. The number of methoxy groups -OCH3 is 2. The fourth-order valence-corrected chi connectivity index (χ4v) is 2.82. The maximum Gasteiger partial charge on any atom is 0.331 e. The van der Waals surface area contributed by atoms with Crippen molar-refractivity contribution in [1.29, 1.82) is 0 Å². The molecular formula is C21H22ClNO5. The summed E-state index contributed by atoms with van der Waals surface area (Å²) in [5.41, 5.74) is 3.34. The molecule has 0 aliphatic carbocycles. The molecule has 1 amide bonds. The number of hydrogen-bond acceptors (Lipinski definition) is 5. The second kappa shape index (κ2) is 9.80. The predicted molar refractivity (Wildman–Crippen MR) is 109 cm³/mol. The summed E-state index contributed by atoms with van der Waals surface area (Å²) < 4.78 is 15.3. The molecule has 0 aromatic heterocycles. The average molecular weight is 404 g/mol. The van der Waals surface area contributed by atoms with E-state index in [1.165, 1.54) is 26.4 Å². The van der Waals surface area contributed by atoms with Crippen LogP contribution in [0, 0.1) is 13.8 Å². The van der Waals surface area contributed by atoms with Crippen molar-refractivity contribution in [3.63, 3.8) is 0 Å². The quantitative estimate of drug-likeness (QED) is 0.554. The number of esters is 1. The molecule has 0 saturated carbocycles. The number of nitrogens with one attached hydrogen (secondary N) is 1. The first-order chi connectivity index (χ1) is 13.3. The summed E-state index contributed by atoms with van der Waals surface area (Å²) in [6.07, 6.45) is 2.72. The van der Waals surface area contributed by atoms with Crippen LogP contribution in [-0.4, -0.2) is 32.7 Å². The van der Waals surface area contributed by atoms with Gasteiger partial charge in [-0.1, -0.05) is 29.3 Å². The van der Waals surface area contributed by atoms with Crippen LogP contribution in [0.4, 0.5) is 5.69 Å². The lowest BCUT2D eigenvalue weighted by atomic mass is 10.1. The number of carbonyl (C=O) groups is 2. The third-order valence-electron chi connectivity index (χ3n) is 3.87. The first-order valence-corrected chi connectivity index (χ1v) is 8.85. The second-order valence-corrected chi connectivity index (χ2v) is 6.45. The lowest BCUT2D eigenvalue weighted by molar-refractivity contribution is -0.142. The molecule has 0 aliphatic heterocycles. The Morgan fingerprint density at radius 2 is 1.86 bits per heavy atom. The van der Waals surface area contributed by atoms with Crippen molar-refractivity contribution in [2.75, 3.05) is 26.1 Å². The SMILES string of the molecule is COc1cc(/C=C/C(=O)OCC(=O)Nc2ccc(C)cc2C)cc(Cl)c1OC. The van der Waals surface area contributed by atoms with Gasteiger partial charge in [0.1, 0.15) is 0 Å². The molecule has 7 heteroatoms. The van der Waals surface area contributed by atoms with E-state index in [-0.39, 0.29) is 6.61 Å². The van der Waals surface area contributed by atoms with Gasteiger partial charge in [0.2, 0.25) is 0 Å². The summed E-state index contributed by atoms with van der Waals surface area (Å²) in [6, 6.07) is 8.95. The smallest absolute Gasteiger partial charge is 0.331 e. The minimum atomic E-state index is -0.651. The number of rotatable bonds is 7. The molecule has 0 unspecified atom stereocenters. The van der Waals surface area contributed by atoms with Crippen LogP contribution >= 0.6 is 11.6 Å². The molecule has 0 fully saturated rings. The Kier molecular flexibility index (Phi) is 7.46. The highest BCUT2D eigenvalue weighted by atomic mass is 35.5. The number of hydrogen-bond donors (Lipinski definition) is 1. The number of benzene rings is 2. The third kappa shape index (κ3) is 5.76. The van der Waals surface area contributed by atoms with Crippen LogP contribution in [0.5, 0.6) is 11.5 Å². The van der Waals surface area contributed by atoms with Gasteiger partial charge in [-0.2, -0.15) is 0 Å². The van der Waals surface area contributed by atoms with E-state index in [9.17, 15) is 9.59 Å². The minimum Gasteiger partial charge on any atom is -0.493 e. The number of carbonyl (C=O) groups excluding carboxylic acids is 2. The highest BCUT2D eigenvalue weighted by Crippen LogP contribution is 2.36. The van der Waals surface area contributed by atoms with Crippen LogP contribution in [-0.2, 0) is 14.3 Å². The lowest BCUT2D eigenvalue weighted by Crippen LogP contribution is -2.20. The van der Waals surface area contributed by atoms with Crippen molar-refractivity contribution in [3.8, 4) is 11.5 Å². The van der Waals surface area contributed by atoms with Crippen molar-refractivity contribution < 1.29 is 23.8 Å². The summed E-state index contributed by atoms with van der Waals surface area (Å²) >= 11 is 6.12. The van der Waals surface area contributed by atoms with E-state index >= 15 is 0 Å². The normalized spacial score (nSPS) is 10.6. The molecule has 2 aromatic carbocycles. The van der Waals surface area contributed by atoms with E-state index in [4.69, 9.17) is 25.8 Å². The molecule has 1 N–H and O–H groups in total. The van der Waals surface area contributed by atoms with Gasteiger partial charge in [-0.25, -0.2) is 4.79 Å². The van der Waals surface area contributed by atoms with Crippen LogP contribution in [0.3, 0.4) is 0 Å². The predicted octanol–water partition coefficient (Wildman–Crippen LogP) is 4.17. The molecule has 0 aliphatic rings. The molecule has 2 rings (SSSR count). The zero-order valence-corrected chi connectivity index (χ0v) is 16.9. The summed E-state index contributed by atoms with van der Waals surface area (Å²) in [4.78, 5) is 23.8. The molecule has 0 atom stereocenters. The van der Waals surface area contributed by atoms with Crippen molar-refractivity contribution >= 4 is 35.2 Å². The Labute approximate surface area is 169 Å². The lowest BCUT2D eigenvalue weighted by Gasteiger charge is -2.10. The molecular weight excluding hydrogens is 382 g/mol. The summed E-state index contributed by atoms with van der Waals surface area (Å²) in [5.74, 6) is -0.215. The molecule has 28 heavy (non-hydrogen) atoms. The van der Waals surface area contributed by atoms with Crippen molar-refractivity contribution in [2.45, 2.75) is 13.8 Å². The Morgan fingerprint density at radius 3 is 2.50 bits per heavy atom. The molecule has 2 aromatic rings. The second-order valence-electron chi connectivity index (χ2n) is 6.05. The van der Waals surface area contributed by atoms with Gasteiger partial charge in [-0.3, -0.25) is 4.79 Å². The summed E-state index contributed by atoms with van der Waals surface area (Å²) in [6.45, 7) is 3.48. The fraction of sp³-hybridized carbons (Fsp3) is 0.238. The van der Waals surface area contributed by atoms with Gasteiger partial charge in [-0.05, 0) is 49.2 Å². The van der Waals surface area contributed by atoms with Gasteiger partial charge in [0.05, 0.1) is 19.2 Å². The minimum absolute atomic E-state index is 0.350. The van der Waals surface area contributed by atoms with Gasteiger partial charge in [0.15, 0.2) is 18.1 Å². The Balaban J connectivity index is 1.93. The first-order valence-electron chi connectivity index (χ1n) is 8.47. The van der Waals surface area contributed by atoms with Crippen LogP contribution in [0.15, 0.2) is 36.4 Å². The van der Waals surface area contributed by atoms with E-state index < -0.39 is 11.9 Å². The van der Waals surface area contributed by atoms with Gasteiger partial charge in [0.25, 0.3) is 5.91 Å². The third-order valence-corrected chi connectivity index (χ3v) is 4.15. The van der Waals surface area contributed by atoms with Gasteiger partial charge in [0, 0.05) is 11.8 Å². The molecule has 0 saturated heterocycles. The fourth-order valence-electron chi connectivity index (χ4n) is 2.52. The first kappa shape index (κ1) is 21.3. The standard InChI is InChI=1S/C21H22ClNO5/c1-13-5-7-17(14(2)9-13)23-19(24)12-28-20(25)8-6-15-10-16(22)21(27-4)18(11-15)26-3/h5-11H,12H2,1-4H3,(H,23,24)/b8-6+. The Hall–Kier alpha value is -2.99. The van der Waals surface area contributed by atoms with E-state index in [0.717, 1.165) is 11.1 Å². The number of anilines is 1. The zero-order chi connectivity index (χ0) is 20.7. The highest BCUT2D eigenvalue weighted by Gasteiger charge is 2.11. The Morgan fingerprint density at radius 1 is 1.11 bits per heavy atom. The van der Waals surface area contributed by atoms with Gasteiger partial charge < -0.3 is 19.5 Å². The largest absolute Gasteiger partial charge is 0.493 e. The van der Waals surface area contributed by atoms with Crippen molar-refractivity contribution in [3.05, 3.63) is 58.1 Å². The average Bonchev–Trinajstić information content (AvgIpc) is 2.66. The van der Waals surface area contributed by atoms with Gasteiger partial charge >= 0.3 is 5.97 Å². The number of amides is 1. The van der Waals surface area contributed by atoms with Crippen molar-refractivity contribution in [1.82, 2.24) is 0 Å². The maximum atomic E-state index is 12.0. The summed E-state index contributed by atoms with van der Waals surface area (Å²) in [7, 11) is 2.98. The van der Waals surface area contributed by atoms with Crippen LogP contribution in [0.25, 0.3) is 6.08 Å². The number of aryl methyl sites for hydroxylation is 2. The Bertz CT molecular complexity index is 908. The number of ether oxygens (including phenoxy) is 3. The van der Waals surface area contributed by atoms with E-state index in [1.807, 2.05) is 32.0 Å². The van der Waals surface area contributed by atoms with E-state index in [0.29, 0.717) is 27.8 Å². The van der Waals surface area contributed by atoms with Crippen molar-refractivity contribution in [2.24, 2.45) is 0 Å². The molecule has 0 bridgehead atoms. The zero-order valence-electron chi connectivity index (χ0n) is 16.2. The molecule has 0 heterocycles. The van der Waals surface area contributed by atoms with Crippen LogP contribution < -0.4 is 14.8 Å². The molecule has 6 nitrogen and oxygen atoms in total. The van der Waals surface area contributed by atoms with Crippen LogP contribution in [0.1, 0.15) is 16.7 Å². The topological polar surface area (TPSA) is 73.9 Å². The number of halogens is 1. The molecule has 148 valence electrons.